The summed E-state index contributed by atoms with van der Waals surface area (Å²) in [6.45, 7) is -2.93. The zero-order valence-corrected chi connectivity index (χ0v) is 9.62. The number of aliphatic hydroxyl groups is 1. The molecular formula is C12H12F2N2O2. The second-order valence-electron chi connectivity index (χ2n) is 3.73. The van der Waals surface area contributed by atoms with Crippen LogP contribution in [-0.4, -0.2) is 21.5 Å². The van der Waals surface area contributed by atoms with Crippen molar-refractivity contribution in [2.45, 2.75) is 12.7 Å². The maximum atomic E-state index is 12.2. The summed E-state index contributed by atoms with van der Waals surface area (Å²) in [6.07, 6.45) is 0.566. The minimum absolute atomic E-state index is 0.0503. The number of hydrogen-bond acceptors (Lipinski definition) is 3. The number of benzene rings is 1. The predicted molar refractivity (Wildman–Crippen MR) is 60.3 cm³/mol. The van der Waals surface area contributed by atoms with Gasteiger partial charge in [-0.2, -0.15) is 13.9 Å². The molecule has 0 saturated carbocycles. The summed E-state index contributed by atoms with van der Waals surface area (Å²) in [5.74, 6) is -0.0503. The largest absolute Gasteiger partial charge is 0.434 e. The van der Waals surface area contributed by atoms with Gasteiger partial charge in [-0.25, -0.2) is 0 Å². The van der Waals surface area contributed by atoms with Crippen LogP contribution in [0.4, 0.5) is 8.78 Å². The number of aliphatic hydroxyl groups excluding tert-OH is 1. The van der Waals surface area contributed by atoms with E-state index < -0.39 is 12.7 Å². The number of nitrogens with zero attached hydrogens (tertiary/aromatic N) is 2. The molecule has 4 nitrogen and oxygen atoms in total. The Balaban J connectivity index is 2.32. The number of hydrogen-bond donors (Lipinski definition) is 1. The van der Waals surface area contributed by atoms with Gasteiger partial charge in [0.05, 0.1) is 5.69 Å². The maximum Gasteiger partial charge on any atom is 0.387 e. The zero-order chi connectivity index (χ0) is 13.1. The van der Waals surface area contributed by atoms with Crippen LogP contribution in [0.15, 0.2) is 36.5 Å². The lowest BCUT2D eigenvalue weighted by Crippen LogP contribution is -2.08. The van der Waals surface area contributed by atoms with Crippen LogP contribution in [0, 0.1) is 0 Å². The molecule has 6 heteroatoms. The van der Waals surface area contributed by atoms with Crippen LogP contribution < -0.4 is 4.74 Å². The highest BCUT2D eigenvalue weighted by Crippen LogP contribution is 2.29. The first-order chi connectivity index (χ1) is 8.58. The Kier molecular flexibility index (Phi) is 3.57. The van der Waals surface area contributed by atoms with E-state index in [0.29, 0.717) is 5.69 Å². The predicted octanol–water partition coefficient (Wildman–Crippen LogP) is 2.10. The topological polar surface area (TPSA) is 47.3 Å². The Bertz CT molecular complexity index is 528. The van der Waals surface area contributed by atoms with Crippen LogP contribution >= 0.6 is 0 Å². The van der Waals surface area contributed by atoms with E-state index in [1.165, 1.54) is 16.8 Å². The molecule has 2 aromatic rings. The van der Waals surface area contributed by atoms with Crippen molar-refractivity contribution in [3.63, 3.8) is 0 Å². The van der Waals surface area contributed by atoms with E-state index in [0.717, 1.165) is 0 Å². The molecule has 0 aliphatic rings. The van der Waals surface area contributed by atoms with Crippen molar-refractivity contribution >= 4 is 0 Å². The molecule has 0 spiro atoms. The van der Waals surface area contributed by atoms with Crippen LogP contribution in [0.2, 0.25) is 0 Å². The molecule has 1 aromatic carbocycles. The van der Waals surface area contributed by atoms with Gasteiger partial charge in [0.15, 0.2) is 0 Å². The number of halogens is 2. The standard InChI is InChI=1S/C12H12F2N2O2/c1-16-7-6-9(15-16)11(17)8-4-2-3-5-10(8)18-12(13)14/h2-7,11-12,17H,1H3. The highest BCUT2D eigenvalue weighted by molar-refractivity contribution is 5.38. The van der Waals surface area contributed by atoms with Gasteiger partial charge in [0.25, 0.3) is 0 Å². The number of para-hydroxylation sites is 1. The number of aromatic nitrogens is 2. The SMILES string of the molecule is Cn1ccc(C(O)c2ccccc2OC(F)F)n1. The second-order valence-corrected chi connectivity index (χ2v) is 3.73. The van der Waals surface area contributed by atoms with Crippen LogP contribution in [0.5, 0.6) is 5.75 Å². The van der Waals surface area contributed by atoms with Crippen LogP contribution in [0.3, 0.4) is 0 Å². The third-order valence-corrected chi connectivity index (χ3v) is 2.44. The minimum Gasteiger partial charge on any atom is -0.434 e. The van der Waals surface area contributed by atoms with Gasteiger partial charge in [0, 0.05) is 18.8 Å². The maximum absolute atomic E-state index is 12.2. The first-order valence-electron chi connectivity index (χ1n) is 5.29. The van der Waals surface area contributed by atoms with E-state index in [1.54, 1.807) is 31.4 Å². The second kappa shape index (κ2) is 5.14. The molecule has 1 heterocycles. The van der Waals surface area contributed by atoms with Gasteiger partial charge in [-0.15, -0.1) is 0 Å². The smallest absolute Gasteiger partial charge is 0.387 e. The number of rotatable bonds is 4. The van der Waals surface area contributed by atoms with Gasteiger partial charge in [-0.3, -0.25) is 4.68 Å². The van der Waals surface area contributed by atoms with Crippen molar-refractivity contribution < 1.29 is 18.6 Å². The lowest BCUT2D eigenvalue weighted by molar-refractivity contribution is -0.0513. The van der Waals surface area contributed by atoms with E-state index in [9.17, 15) is 13.9 Å². The van der Waals surface area contributed by atoms with Gasteiger partial charge in [0.2, 0.25) is 0 Å². The number of aryl methyl sites for hydroxylation is 1. The third-order valence-electron chi connectivity index (χ3n) is 2.44. The molecule has 96 valence electrons. The quantitative estimate of drug-likeness (QED) is 0.909. The van der Waals surface area contributed by atoms with Crippen LogP contribution in [-0.2, 0) is 7.05 Å². The third kappa shape index (κ3) is 2.65. The Hall–Kier alpha value is -1.95. The van der Waals surface area contributed by atoms with E-state index in [4.69, 9.17) is 0 Å². The Morgan fingerprint density at radius 2 is 2.00 bits per heavy atom. The summed E-state index contributed by atoms with van der Waals surface area (Å²) in [6, 6.07) is 7.72. The Morgan fingerprint density at radius 1 is 1.28 bits per heavy atom. The Morgan fingerprint density at radius 3 is 2.61 bits per heavy atom. The molecule has 0 radical (unpaired) electrons. The fourth-order valence-corrected chi connectivity index (χ4v) is 1.65. The van der Waals surface area contributed by atoms with Gasteiger partial charge in [0.1, 0.15) is 11.9 Å². The van der Waals surface area contributed by atoms with Crippen molar-refractivity contribution in [2.24, 2.45) is 7.05 Å². The molecule has 0 fully saturated rings. The van der Waals surface area contributed by atoms with E-state index in [1.807, 2.05) is 0 Å². The summed E-state index contributed by atoms with van der Waals surface area (Å²) >= 11 is 0. The molecule has 1 aromatic heterocycles. The van der Waals surface area contributed by atoms with Gasteiger partial charge < -0.3 is 9.84 Å². The molecule has 0 amide bonds. The van der Waals surface area contributed by atoms with E-state index in [2.05, 4.69) is 9.84 Å². The summed E-state index contributed by atoms with van der Waals surface area (Å²) in [5, 5.41) is 14.1. The molecular weight excluding hydrogens is 242 g/mol. The van der Waals surface area contributed by atoms with Crippen molar-refractivity contribution in [3.8, 4) is 5.75 Å². The van der Waals surface area contributed by atoms with Crippen molar-refractivity contribution in [1.82, 2.24) is 9.78 Å². The summed E-state index contributed by atoms with van der Waals surface area (Å²) in [5.41, 5.74) is 0.638. The summed E-state index contributed by atoms with van der Waals surface area (Å²) in [7, 11) is 1.71. The highest BCUT2D eigenvalue weighted by Gasteiger charge is 2.19. The molecule has 0 saturated heterocycles. The van der Waals surface area contributed by atoms with Crippen LogP contribution in [0.1, 0.15) is 17.4 Å². The van der Waals surface area contributed by atoms with Crippen molar-refractivity contribution in [2.75, 3.05) is 0 Å². The fourth-order valence-electron chi connectivity index (χ4n) is 1.65. The van der Waals surface area contributed by atoms with Gasteiger partial charge in [-0.05, 0) is 12.1 Å². The molecule has 0 aliphatic heterocycles. The molecule has 0 aliphatic carbocycles. The average Bonchev–Trinajstić information content (AvgIpc) is 2.75. The number of ether oxygens (including phenoxy) is 1. The molecule has 2 rings (SSSR count). The lowest BCUT2D eigenvalue weighted by atomic mass is 10.1. The normalized spacial score (nSPS) is 12.7. The minimum atomic E-state index is -2.93. The van der Waals surface area contributed by atoms with E-state index in [-0.39, 0.29) is 11.3 Å². The first-order valence-corrected chi connectivity index (χ1v) is 5.29. The fraction of sp³-hybridized carbons (Fsp3) is 0.250. The lowest BCUT2D eigenvalue weighted by Gasteiger charge is -2.14. The Labute approximate surface area is 102 Å². The number of alkyl halides is 2. The molecule has 0 bridgehead atoms. The zero-order valence-electron chi connectivity index (χ0n) is 9.62. The molecule has 18 heavy (non-hydrogen) atoms. The van der Waals surface area contributed by atoms with Gasteiger partial charge in [-0.1, -0.05) is 18.2 Å². The van der Waals surface area contributed by atoms with E-state index >= 15 is 0 Å². The van der Waals surface area contributed by atoms with Gasteiger partial charge >= 0.3 is 6.61 Å². The van der Waals surface area contributed by atoms with Crippen molar-refractivity contribution in [3.05, 3.63) is 47.8 Å². The average molecular weight is 254 g/mol. The molecule has 1 unspecified atom stereocenters. The van der Waals surface area contributed by atoms with Crippen molar-refractivity contribution in [1.29, 1.82) is 0 Å². The monoisotopic (exact) mass is 254 g/mol. The highest BCUT2D eigenvalue weighted by atomic mass is 19.3. The first kappa shape index (κ1) is 12.5. The molecule has 1 atom stereocenters. The van der Waals surface area contributed by atoms with Crippen LogP contribution in [0.25, 0.3) is 0 Å². The summed E-state index contributed by atoms with van der Waals surface area (Å²) in [4.78, 5) is 0. The molecule has 1 N–H and O–H groups in total. The summed E-state index contributed by atoms with van der Waals surface area (Å²) < 4.78 is 30.4.